The van der Waals surface area contributed by atoms with E-state index in [0.717, 1.165) is 41.1 Å². The first-order valence-corrected chi connectivity index (χ1v) is 9.13. The number of H-pyrrole nitrogens is 1. The van der Waals surface area contributed by atoms with E-state index in [9.17, 15) is 0 Å². The van der Waals surface area contributed by atoms with E-state index in [2.05, 4.69) is 15.3 Å². The highest BCUT2D eigenvalue weighted by molar-refractivity contribution is 6.35. The van der Waals surface area contributed by atoms with E-state index in [0.29, 0.717) is 22.4 Å². The number of furan rings is 1. The summed E-state index contributed by atoms with van der Waals surface area (Å²) in [6, 6.07) is 17.2. The van der Waals surface area contributed by atoms with Crippen molar-refractivity contribution < 1.29 is 4.42 Å². The van der Waals surface area contributed by atoms with Crippen molar-refractivity contribution in [2.45, 2.75) is 13.0 Å². The van der Waals surface area contributed by atoms with Crippen molar-refractivity contribution in [1.29, 1.82) is 0 Å². The van der Waals surface area contributed by atoms with Gasteiger partial charge in [0, 0.05) is 23.6 Å². The van der Waals surface area contributed by atoms with Crippen molar-refractivity contribution in [2.75, 3.05) is 6.54 Å². The van der Waals surface area contributed by atoms with E-state index < -0.39 is 0 Å². The molecule has 0 aliphatic heterocycles. The lowest BCUT2D eigenvalue weighted by atomic mass is 10.2. The number of nitrogens with zero attached hydrogens (tertiary/aromatic N) is 1. The number of nitrogens with one attached hydrogen (secondary N) is 2. The SMILES string of the molecule is Clc1ccc(Cl)c(-c2ccc(CNCCc3nc4ccccc4[nH]3)o2)c1. The maximum Gasteiger partial charge on any atom is 0.135 e. The number of fused-ring (bicyclic) bond motifs is 1. The maximum atomic E-state index is 6.22. The van der Waals surface area contributed by atoms with Crippen LogP contribution in [0.25, 0.3) is 22.4 Å². The normalized spacial score (nSPS) is 11.3. The molecule has 2 aromatic heterocycles. The number of benzene rings is 2. The van der Waals surface area contributed by atoms with Gasteiger partial charge in [0.2, 0.25) is 0 Å². The van der Waals surface area contributed by atoms with Gasteiger partial charge in [-0.25, -0.2) is 4.98 Å². The minimum Gasteiger partial charge on any atom is -0.460 e. The molecule has 0 unspecified atom stereocenters. The van der Waals surface area contributed by atoms with Crippen molar-refractivity contribution in [3.63, 3.8) is 0 Å². The average Bonchev–Trinajstić information content (AvgIpc) is 3.27. The van der Waals surface area contributed by atoms with Gasteiger partial charge >= 0.3 is 0 Å². The van der Waals surface area contributed by atoms with Gasteiger partial charge in [0.15, 0.2) is 0 Å². The number of hydrogen-bond acceptors (Lipinski definition) is 3. The summed E-state index contributed by atoms with van der Waals surface area (Å²) in [7, 11) is 0. The summed E-state index contributed by atoms with van der Waals surface area (Å²) in [5.74, 6) is 2.54. The molecular weight excluding hydrogens is 369 g/mol. The maximum absolute atomic E-state index is 6.22. The largest absolute Gasteiger partial charge is 0.460 e. The fourth-order valence-electron chi connectivity index (χ4n) is 2.85. The van der Waals surface area contributed by atoms with Gasteiger partial charge in [-0.05, 0) is 42.5 Å². The molecule has 0 aliphatic rings. The second-order valence-corrected chi connectivity index (χ2v) is 6.86. The van der Waals surface area contributed by atoms with Crippen LogP contribution in [0.3, 0.4) is 0 Å². The Kier molecular flexibility index (Phi) is 4.98. The number of hydrogen-bond donors (Lipinski definition) is 2. The zero-order chi connectivity index (χ0) is 17.9. The molecule has 26 heavy (non-hydrogen) atoms. The summed E-state index contributed by atoms with van der Waals surface area (Å²) >= 11 is 12.3. The highest BCUT2D eigenvalue weighted by Crippen LogP contribution is 2.31. The first-order chi connectivity index (χ1) is 12.7. The first-order valence-electron chi connectivity index (χ1n) is 8.37. The van der Waals surface area contributed by atoms with Gasteiger partial charge in [0.05, 0.1) is 22.6 Å². The Bertz CT molecular complexity index is 1010. The Morgan fingerprint density at radius 2 is 1.92 bits per heavy atom. The van der Waals surface area contributed by atoms with Crippen molar-refractivity contribution in [2.24, 2.45) is 0 Å². The second-order valence-electron chi connectivity index (χ2n) is 6.02. The Morgan fingerprint density at radius 1 is 1.04 bits per heavy atom. The van der Waals surface area contributed by atoms with Crippen LogP contribution in [-0.2, 0) is 13.0 Å². The molecule has 0 saturated carbocycles. The molecule has 0 bridgehead atoms. The van der Waals surface area contributed by atoms with Crippen molar-refractivity contribution in [1.82, 2.24) is 15.3 Å². The molecule has 6 heteroatoms. The molecule has 0 amide bonds. The topological polar surface area (TPSA) is 53.9 Å². The molecule has 2 aromatic carbocycles. The number of aromatic amines is 1. The van der Waals surface area contributed by atoms with Crippen LogP contribution in [0.15, 0.2) is 59.0 Å². The Labute approximate surface area is 161 Å². The molecule has 0 atom stereocenters. The van der Waals surface area contributed by atoms with Gasteiger partial charge in [0.25, 0.3) is 0 Å². The lowest BCUT2D eigenvalue weighted by molar-refractivity contribution is 0.494. The van der Waals surface area contributed by atoms with E-state index >= 15 is 0 Å². The molecule has 4 aromatic rings. The minimum atomic E-state index is 0.619. The van der Waals surface area contributed by atoms with Crippen molar-refractivity contribution in [3.8, 4) is 11.3 Å². The van der Waals surface area contributed by atoms with Gasteiger partial charge in [-0.2, -0.15) is 0 Å². The highest BCUT2D eigenvalue weighted by atomic mass is 35.5. The monoisotopic (exact) mass is 385 g/mol. The number of rotatable bonds is 6. The van der Waals surface area contributed by atoms with Crippen LogP contribution >= 0.6 is 23.2 Å². The summed E-state index contributed by atoms with van der Waals surface area (Å²) in [6.07, 6.45) is 0.822. The van der Waals surface area contributed by atoms with Gasteiger partial charge in [-0.3, -0.25) is 0 Å². The summed E-state index contributed by atoms with van der Waals surface area (Å²) in [6.45, 7) is 1.44. The lowest BCUT2D eigenvalue weighted by Gasteiger charge is -2.03. The fourth-order valence-corrected chi connectivity index (χ4v) is 3.23. The summed E-state index contributed by atoms with van der Waals surface area (Å²) < 4.78 is 5.88. The second kappa shape index (κ2) is 7.54. The smallest absolute Gasteiger partial charge is 0.135 e. The van der Waals surface area contributed by atoms with Crippen molar-refractivity contribution in [3.05, 3.63) is 76.2 Å². The van der Waals surface area contributed by atoms with Crippen LogP contribution in [-0.4, -0.2) is 16.5 Å². The summed E-state index contributed by atoms with van der Waals surface area (Å²) in [5.41, 5.74) is 2.86. The van der Waals surface area contributed by atoms with E-state index in [4.69, 9.17) is 27.6 Å². The molecule has 4 rings (SSSR count). The molecule has 132 valence electrons. The standard InChI is InChI=1S/C20H17Cl2N3O/c21-13-5-7-16(22)15(11-13)19-8-6-14(26-19)12-23-10-9-20-24-17-3-1-2-4-18(17)25-20/h1-8,11,23H,9-10,12H2,(H,24,25). The van der Waals surface area contributed by atoms with Crippen LogP contribution in [0.5, 0.6) is 0 Å². The molecular formula is C20H17Cl2N3O. The molecule has 0 spiro atoms. The minimum absolute atomic E-state index is 0.619. The van der Waals surface area contributed by atoms with Crippen molar-refractivity contribution >= 4 is 34.2 Å². The molecule has 0 fully saturated rings. The van der Waals surface area contributed by atoms with Gasteiger partial charge in [-0.15, -0.1) is 0 Å². The Hall–Kier alpha value is -2.27. The van der Waals surface area contributed by atoms with Gasteiger partial charge in [-0.1, -0.05) is 35.3 Å². The van der Waals surface area contributed by atoms with Crippen LogP contribution < -0.4 is 5.32 Å². The molecule has 0 radical (unpaired) electrons. The fraction of sp³-hybridized carbons (Fsp3) is 0.150. The quantitative estimate of drug-likeness (QED) is 0.433. The predicted octanol–water partition coefficient (Wildman–Crippen LogP) is 5.46. The number of imidazole rings is 1. The van der Waals surface area contributed by atoms with E-state index in [1.54, 1.807) is 12.1 Å². The summed E-state index contributed by atoms with van der Waals surface area (Å²) in [4.78, 5) is 7.90. The number of para-hydroxylation sites is 2. The third kappa shape index (κ3) is 3.78. The summed E-state index contributed by atoms with van der Waals surface area (Å²) in [5, 5.41) is 4.62. The Balaban J connectivity index is 1.34. The molecule has 0 saturated heterocycles. The number of halogens is 2. The lowest BCUT2D eigenvalue weighted by Crippen LogP contribution is -2.16. The predicted molar refractivity (Wildman–Crippen MR) is 106 cm³/mol. The molecule has 0 aliphatic carbocycles. The van der Waals surface area contributed by atoms with E-state index in [-0.39, 0.29) is 0 Å². The van der Waals surface area contributed by atoms with Crippen LogP contribution in [0, 0.1) is 0 Å². The molecule has 4 nitrogen and oxygen atoms in total. The van der Waals surface area contributed by atoms with E-state index in [1.807, 2.05) is 42.5 Å². The zero-order valence-electron chi connectivity index (χ0n) is 13.9. The van der Waals surface area contributed by atoms with Gasteiger partial charge < -0.3 is 14.7 Å². The van der Waals surface area contributed by atoms with E-state index in [1.165, 1.54) is 0 Å². The zero-order valence-corrected chi connectivity index (χ0v) is 15.4. The molecule has 2 N–H and O–H groups in total. The third-order valence-electron chi connectivity index (χ3n) is 4.13. The van der Waals surface area contributed by atoms with Crippen LogP contribution in [0.4, 0.5) is 0 Å². The average molecular weight is 386 g/mol. The third-order valence-corrected chi connectivity index (χ3v) is 4.70. The molecule has 2 heterocycles. The highest BCUT2D eigenvalue weighted by Gasteiger charge is 2.09. The van der Waals surface area contributed by atoms with Crippen LogP contribution in [0.1, 0.15) is 11.6 Å². The van der Waals surface area contributed by atoms with Crippen LogP contribution in [0.2, 0.25) is 10.0 Å². The van der Waals surface area contributed by atoms with Gasteiger partial charge in [0.1, 0.15) is 17.3 Å². The number of aromatic nitrogens is 2. The first kappa shape index (κ1) is 17.2. The Morgan fingerprint density at radius 3 is 2.81 bits per heavy atom.